The van der Waals surface area contributed by atoms with Crippen molar-refractivity contribution in [3.05, 3.63) is 0 Å². The molecule has 1 rings (SSSR count). The summed E-state index contributed by atoms with van der Waals surface area (Å²) < 4.78 is 20.0. The second-order valence-corrected chi connectivity index (χ2v) is 7.14. The maximum Gasteiger partial charge on any atom is 0.417 e. The van der Waals surface area contributed by atoms with Crippen molar-refractivity contribution in [3.63, 3.8) is 0 Å². The van der Waals surface area contributed by atoms with E-state index in [1.54, 1.807) is 6.92 Å². The lowest BCUT2D eigenvalue weighted by molar-refractivity contribution is -0.121. The van der Waals surface area contributed by atoms with Crippen molar-refractivity contribution in [2.45, 2.75) is 38.9 Å². The summed E-state index contributed by atoms with van der Waals surface area (Å²) in [4.78, 5) is 23.6. The van der Waals surface area contributed by atoms with Gasteiger partial charge in [0, 0.05) is 12.1 Å². The van der Waals surface area contributed by atoms with E-state index in [9.17, 15) is 13.8 Å². The molecule has 1 atom stereocenters. The predicted octanol–water partition coefficient (Wildman–Crippen LogP) is 1.28. The second-order valence-electron chi connectivity index (χ2n) is 5.24. The third-order valence-electron chi connectivity index (χ3n) is 2.31. The summed E-state index contributed by atoms with van der Waals surface area (Å²) in [5.41, 5.74) is 0.586. The number of rotatable bonds is 2. The van der Waals surface area contributed by atoms with E-state index in [4.69, 9.17) is 0 Å². The van der Waals surface area contributed by atoms with E-state index in [1.807, 2.05) is 20.8 Å². The van der Waals surface area contributed by atoms with E-state index < -0.39 is 27.7 Å². The number of carbonyl (C=O) groups is 2. The first-order valence-corrected chi connectivity index (χ1v) is 7.26. The van der Waals surface area contributed by atoms with Crippen LogP contribution in [0, 0.1) is 11.8 Å². The van der Waals surface area contributed by atoms with Gasteiger partial charge in [-0.3, -0.25) is 4.79 Å². The quantitative estimate of drug-likeness (QED) is 0.568. The van der Waals surface area contributed by atoms with Crippen molar-refractivity contribution >= 4 is 28.7 Å². The number of carbonyl (C=O) groups excluding carboxylic acids is 2. The monoisotopic (exact) mass is 298 g/mol. The topological polar surface area (TPSA) is 76.0 Å². The Bertz CT molecular complexity index is 523. The van der Waals surface area contributed by atoms with Crippen LogP contribution in [0.3, 0.4) is 0 Å². The summed E-state index contributed by atoms with van der Waals surface area (Å²) in [6.45, 7) is 7.62. The Morgan fingerprint density at radius 3 is 2.65 bits per heavy atom. The maximum absolute atomic E-state index is 11.8. The van der Waals surface area contributed by atoms with Gasteiger partial charge in [-0.1, -0.05) is 5.92 Å². The van der Waals surface area contributed by atoms with Crippen LogP contribution in [0.15, 0.2) is 4.40 Å². The van der Waals surface area contributed by atoms with E-state index in [-0.39, 0.29) is 19.6 Å². The third-order valence-corrected chi connectivity index (χ3v) is 3.83. The summed E-state index contributed by atoms with van der Waals surface area (Å²) >= 11 is 0. The fourth-order valence-corrected chi connectivity index (χ4v) is 1.83. The molecule has 1 aliphatic heterocycles. The molecule has 0 bridgehead atoms. The molecule has 0 aromatic heterocycles. The SMILES string of the molecule is C/C(CC#CC(=O)N1CCOC1=O)=N\S(=O)C(C)(C)C. The molecule has 110 valence electrons. The highest BCUT2D eigenvalue weighted by molar-refractivity contribution is 7.85. The summed E-state index contributed by atoms with van der Waals surface area (Å²) in [5, 5.41) is 0. The van der Waals surface area contributed by atoms with Crippen molar-refractivity contribution < 1.29 is 18.5 Å². The van der Waals surface area contributed by atoms with Gasteiger partial charge in [-0.2, -0.15) is 4.40 Å². The fourth-order valence-electron chi connectivity index (χ4n) is 1.20. The van der Waals surface area contributed by atoms with Gasteiger partial charge in [0.2, 0.25) is 0 Å². The molecule has 0 aromatic rings. The molecular formula is C13H18N2O4S. The molecule has 0 N–H and O–H groups in total. The van der Waals surface area contributed by atoms with Crippen molar-refractivity contribution in [2.75, 3.05) is 13.2 Å². The molecule has 1 aliphatic rings. The van der Waals surface area contributed by atoms with Crippen molar-refractivity contribution in [2.24, 2.45) is 4.40 Å². The lowest BCUT2D eigenvalue weighted by Gasteiger charge is -2.13. The average molecular weight is 298 g/mol. The summed E-state index contributed by atoms with van der Waals surface area (Å²) in [5.74, 6) is 4.39. The fraction of sp³-hybridized carbons (Fsp3) is 0.615. The van der Waals surface area contributed by atoms with Crippen LogP contribution < -0.4 is 0 Å². The molecule has 1 unspecified atom stereocenters. The largest absolute Gasteiger partial charge is 0.447 e. The first kappa shape index (κ1) is 16.4. The van der Waals surface area contributed by atoms with Crippen LogP contribution in [0.4, 0.5) is 4.79 Å². The van der Waals surface area contributed by atoms with Crippen LogP contribution in [0.25, 0.3) is 0 Å². The lowest BCUT2D eigenvalue weighted by atomic mass is 10.3. The highest BCUT2D eigenvalue weighted by atomic mass is 32.2. The van der Waals surface area contributed by atoms with E-state index in [1.165, 1.54) is 0 Å². The van der Waals surface area contributed by atoms with Gasteiger partial charge in [0.15, 0.2) is 0 Å². The minimum absolute atomic E-state index is 0.206. The Labute approximate surface area is 121 Å². The molecule has 20 heavy (non-hydrogen) atoms. The molecule has 6 nitrogen and oxygen atoms in total. The zero-order chi connectivity index (χ0) is 15.3. The smallest absolute Gasteiger partial charge is 0.417 e. The van der Waals surface area contributed by atoms with Gasteiger partial charge in [-0.15, -0.1) is 0 Å². The van der Waals surface area contributed by atoms with Gasteiger partial charge >= 0.3 is 12.0 Å². The lowest BCUT2D eigenvalue weighted by Crippen LogP contribution is -2.30. The normalized spacial score (nSPS) is 17.3. The Hall–Kier alpha value is -1.68. The number of imide groups is 1. The van der Waals surface area contributed by atoms with Crippen molar-refractivity contribution in [3.8, 4) is 11.8 Å². The Balaban J connectivity index is 2.57. The van der Waals surface area contributed by atoms with Crippen LogP contribution >= 0.6 is 0 Å². The number of hydrogen-bond acceptors (Lipinski definition) is 4. The molecule has 2 amide bonds. The van der Waals surface area contributed by atoms with Crippen LogP contribution in [0.5, 0.6) is 0 Å². The molecule has 1 fully saturated rings. The maximum atomic E-state index is 11.8. The van der Waals surface area contributed by atoms with Gasteiger partial charge in [-0.25, -0.2) is 13.9 Å². The van der Waals surface area contributed by atoms with Crippen LogP contribution in [-0.2, 0) is 20.5 Å². The zero-order valence-electron chi connectivity index (χ0n) is 12.1. The second kappa shape index (κ2) is 6.66. The zero-order valence-corrected chi connectivity index (χ0v) is 12.9. The molecule has 0 aliphatic carbocycles. The summed E-state index contributed by atoms with van der Waals surface area (Å²) in [6.07, 6.45) is -0.431. The van der Waals surface area contributed by atoms with Gasteiger partial charge in [0.25, 0.3) is 0 Å². The molecule has 0 aromatic carbocycles. The van der Waals surface area contributed by atoms with Gasteiger partial charge < -0.3 is 4.74 Å². The Morgan fingerprint density at radius 2 is 2.15 bits per heavy atom. The molecule has 0 saturated carbocycles. The van der Waals surface area contributed by atoms with Gasteiger partial charge in [-0.05, 0) is 33.6 Å². The Morgan fingerprint density at radius 1 is 1.50 bits per heavy atom. The van der Waals surface area contributed by atoms with Crippen LogP contribution in [0.1, 0.15) is 34.1 Å². The molecule has 0 radical (unpaired) electrons. The first-order chi connectivity index (χ1) is 9.21. The van der Waals surface area contributed by atoms with E-state index in [0.29, 0.717) is 5.71 Å². The number of nitrogens with zero attached hydrogens (tertiary/aromatic N) is 2. The molecule has 1 heterocycles. The number of cyclic esters (lactones) is 1. The molecular weight excluding hydrogens is 280 g/mol. The third kappa shape index (κ3) is 4.78. The minimum Gasteiger partial charge on any atom is -0.447 e. The van der Waals surface area contributed by atoms with E-state index in [2.05, 4.69) is 21.0 Å². The van der Waals surface area contributed by atoms with Crippen molar-refractivity contribution in [1.82, 2.24) is 4.90 Å². The number of amides is 2. The summed E-state index contributed by atoms with van der Waals surface area (Å²) in [6, 6.07) is 0. The number of ether oxygens (including phenoxy) is 1. The molecule has 7 heteroatoms. The summed E-state index contributed by atoms with van der Waals surface area (Å²) in [7, 11) is -1.34. The minimum atomic E-state index is -1.34. The highest BCUT2D eigenvalue weighted by Gasteiger charge is 2.27. The number of hydrogen-bond donors (Lipinski definition) is 0. The predicted molar refractivity (Wildman–Crippen MR) is 76.5 cm³/mol. The molecule has 0 spiro atoms. The van der Waals surface area contributed by atoms with E-state index in [0.717, 1.165) is 4.90 Å². The van der Waals surface area contributed by atoms with Gasteiger partial charge in [0.1, 0.15) is 17.6 Å². The van der Waals surface area contributed by atoms with Crippen LogP contribution in [0.2, 0.25) is 0 Å². The average Bonchev–Trinajstić information content (AvgIpc) is 2.74. The Kier molecular flexibility index (Phi) is 5.45. The van der Waals surface area contributed by atoms with Gasteiger partial charge in [0.05, 0.1) is 11.3 Å². The van der Waals surface area contributed by atoms with Crippen molar-refractivity contribution in [1.29, 1.82) is 0 Å². The first-order valence-electron chi connectivity index (χ1n) is 6.15. The standard InChI is InChI=1S/C13H18N2O4S/c1-10(14-20(18)13(2,3)4)6-5-7-11(16)15-8-9-19-12(15)17/h6,8-9H2,1-4H3/b14-10+. The van der Waals surface area contributed by atoms with Crippen LogP contribution in [-0.4, -0.2) is 44.7 Å². The highest BCUT2D eigenvalue weighted by Crippen LogP contribution is 2.12. The van der Waals surface area contributed by atoms with E-state index >= 15 is 0 Å². The molecule has 1 saturated heterocycles.